The van der Waals surface area contributed by atoms with Crippen molar-refractivity contribution < 1.29 is 4.39 Å². The molecule has 0 bridgehead atoms. The van der Waals surface area contributed by atoms with Gasteiger partial charge in [0.2, 0.25) is 0 Å². The zero-order valence-corrected chi connectivity index (χ0v) is 12.3. The first-order valence-electron chi connectivity index (χ1n) is 6.18. The average molecular weight is 297 g/mol. The summed E-state index contributed by atoms with van der Waals surface area (Å²) in [6.45, 7) is 4.29. The van der Waals surface area contributed by atoms with E-state index in [9.17, 15) is 4.39 Å². The molecule has 0 saturated carbocycles. The number of halogens is 3. The molecule has 2 rings (SSSR count). The van der Waals surface area contributed by atoms with E-state index < -0.39 is 0 Å². The second-order valence-corrected chi connectivity index (χ2v) is 5.69. The fraction of sp³-hybridized carbons (Fsp3) is 0.250. The highest BCUT2D eigenvalue weighted by Crippen LogP contribution is 2.34. The molecular formula is C16H15Cl2F. The van der Waals surface area contributed by atoms with E-state index in [-0.39, 0.29) is 11.2 Å². The van der Waals surface area contributed by atoms with Crippen LogP contribution in [0.1, 0.15) is 41.8 Å². The van der Waals surface area contributed by atoms with Crippen molar-refractivity contribution in [3.8, 4) is 0 Å². The molecule has 0 radical (unpaired) electrons. The molecule has 1 atom stereocenters. The van der Waals surface area contributed by atoms with E-state index >= 15 is 0 Å². The van der Waals surface area contributed by atoms with Crippen molar-refractivity contribution >= 4 is 23.2 Å². The lowest BCUT2D eigenvalue weighted by Gasteiger charge is -2.13. The van der Waals surface area contributed by atoms with Crippen LogP contribution in [0.25, 0.3) is 0 Å². The van der Waals surface area contributed by atoms with Crippen LogP contribution >= 0.6 is 23.2 Å². The van der Waals surface area contributed by atoms with Crippen molar-refractivity contribution in [3.05, 3.63) is 70.0 Å². The molecule has 0 aliphatic rings. The fourth-order valence-corrected chi connectivity index (χ4v) is 2.60. The Balaban J connectivity index is 2.30. The number of alkyl halides is 1. The van der Waals surface area contributed by atoms with E-state index in [2.05, 4.69) is 26.0 Å². The summed E-state index contributed by atoms with van der Waals surface area (Å²) in [5, 5.41) is -0.0118. The van der Waals surface area contributed by atoms with Crippen LogP contribution < -0.4 is 0 Å². The van der Waals surface area contributed by atoms with Gasteiger partial charge in [-0.25, -0.2) is 4.39 Å². The Kier molecular flexibility index (Phi) is 4.49. The Morgan fingerprint density at radius 2 is 1.53 bits per heavy atom. The minimum atomic E-state index is -0.366. The summed E-state index contributed by atoms with van der Waals surface area (Å²) in [6, 6.07) is 12.4. The zero-order chi connectivity index (χ0) is 14.0. The lowest BCUT2D eigenvalue weighted by atomic mass is 9.98. The molecule has 0 nitrogen and oxygen atoms in total. The average Bonchev–Trinajstić information content (AvgIpc) is 2.38. The van der Waals surface area contributed by atoms with Gasteiger partial charge in [-0.2, -0.15) is 0 Å². The first-order valence-corrected chi connectivity index (χ1v) is 6.99. The predicted molar refractivity (Wildman–Crippen MR) is 79.6 cm³/mol. The molecule has 0 aliphatic heterocycles. The second-order valence-electron chi connectivity index (χ2n) is 4.85. The molecule has 0 spiro atoms. The second kappa shape index (κ2) is 5.94. The molecule has 2 aromatic rings. The van der Waals surface area contributed by atoms with E-state index in [4.69, 9.17) is 23.2 Å². The molecule has 0 saturated heterocycles. The fourth-order valence-electron chi connectivity index (χ4n) is 1.94. The Morgan fingerprint density at radius 3 is 2.05 bits per heavy atom. The SMILES string of the molecule is CC(C)c1ccc(C(Cl)c2ccc(F)cc2Cl)cc1. The normalized spacial score (nSPS) is 12.7. The van der Waals surface area contributed by atoms with Gasteiger partial charge in [0.05, 0.1) is 5.38 Å². The molecule has 100 valence electrons. The third kappa shape index (κ3) is 3.29. The van der Waals surface area contributed by atoms with Gasteiger partial charge in [-0.1, -0.05) is 55.8 Å². The third-order valence-electron chi connectivity index (χ3n) is 3.13. The minimum Gasteiger partial charge on any atom is -0.207 e. The highest BCUT2D eigenvalue weighted by Gasteiger charge is 2.15. The molecule has 0 heterocycles. The van der Waals surface area contributed by atoms with Gasteiger partial charge in [0.15, 0.2) is 0 Å². The van der Waals surface area contributed by atoms with Crippen LogP contribution in [0.5, 0.6) is 0 Å². The Hall–Kier alpha value is -1.05. The highest BCUT2D eigenvalue weighted by atomic mass is 35.5. The van der Waals surface area contributed by atoms with Gasteiger partial charge in [-0.05, 0) is 34.7 Å². The molecule has 1 unspecified atom stereocenters. The summed E-state index contributed by atoms with van der Waals surface area (Å²) in [6.07, 6.45) is 0. The molecule has 0 aromatic heterocycles. The number of rotatable bonds is 3. The van der Waals surface area contributed by atoms with Gasteiger partial charge >= 0.3 is 0 Å². The van der Waals surface area contributed by atoms with E-state index in [0.29, 0.717) is 10.9 Å². The quantitative estimate of drug-likeness (QED) is 0.616. The van der Waals surface area contributed by atoms with Crippen molar-refractivity contribution in [1.82, 2.24) is 0 Å². The number of benzene rings is 2. The minimum absolute atomic E-state index is 0.354. The third-order valence-corrected chi connectivity index (χ3v) is 3.95. The Labute approximate surface area is 123 Å². The van der Waals surface area contributed by atoms with Crippen LogP contribution in [0, 0.1) is 5.82 Å². The molecule has 0 amide bonds. The van der Waals surface area contributed by atoms with Crippen LogP contribution in [0.2, 0.25) is 5.02 Å². The van der Waals surface area contributed by atoms with Crippen molar-refractivity contribution in [3.63, 3.8) is 0 Å². The maximum atomic E-state index is 13.0. The van der Waals surface area contributed by atoms with Gasteiger partial charge in [0, 0.05) is 5.02 Å². The zero-order valence-electron chi connectivity index (χ0n) is 10.8. The van der Waals surface area contributed by atoms with E-state index in [1.807, 2.05) is 12.1 Å². The maximum Gasteiger partial charge on any atom is 0.124 e. The van der Waals surface area contributed by atoms with Crippen LogP contribution in [0.3, 0.4) is 0 Å². The van der Waals surface area contributed by atoms with Crippen molar-refractivity contribution in [2.75, 3.05) is 0 Å². The van der Waals surface area contributed by atoms with Crippen molar-refractivity contribution in [2.45, 2.75) is 25.1 Å². The number of hydrogen-bond donors (Lipinski definition) is 0. The standard InChI is InChI=1S/C16H15Cl2F/c1-10(2)11-3-5-12(6-4-11)16(18)14-8-7-13(19)9-15(14)17/h3-10,16H,1-2H3. The summed E-state index contributed by atoms with van der Waals surface area (Å²) in [7, 11) is 0. The van der Waals surface area contributed by atoms with Crippen molar-refractivity contribution in [2.24, 2.45) is 0 Å². The monoisotopic (exact) mass is 296 g/mol. The largest absolute Gasteiger partial charge is 0.207 e. The molecule has 0 aliphatic carbocycles. The lowest BCUT2D eigenvalue weighted by molar-refractivity contribution is 0.627. The molecule has 0 fully saturated rings. The smallest absolute Gasteiger partial charge is 0.124 e. The summed E-state index contributed by atoms with van der Waals surface area (Å²) in [5.74, 6) is 0.130. The van der Waals surface area contributed by atoms with Crippen LogP contribution in [0.4, 0.5) is 4.39 Å². The van der Waals surface area contributed by atoms with Gasteiger partial charge in [0.1, 0.15) is 5.82 Å². The summed E-state index contributed by atoms with van der Waals surface area (Å²) in [5.41, 5.74) is 2.94. The van der Waals surface area contributed by atoms with Gasteiger partial charge in [-0.15, -0.1) is 11.6 Å². The Bertz CT molecular complexity index is 561. The van der Waals surface area contributed by atoms with Crippen LogP contribution in [-0.4, -0.2) is 0 Å². The molecular weight excluding hydrogens is 282 g/mol. The van der Waals surface area contributed by atoms with Crippen molar-refractivity contribution in [1.29, 1.82) is 0 Å². The maximum absolute atomic E-state index is 13.0. The molecule has 19 heavy (non-hydrogen) atoms. The van der Waals surface area contributed by atoms with Crippen LogP contribution in [-0.2, 0) is 0 Å². The number of hydrogen-bond acceptors (Lipinski definition) is 0. The molecule has 2 aromatic carbocycles. The summed E-state index contributed by atoms with van der Waals surface area (Å²) in [4.78, 5) is 0. The first kappa shape index (κ1) is 14.4. The Morgan fingerprint density at radius 1 is 0.947 bits per heavy atom. The first-order chi connectivity index (χ1) is 8.99. The van der Waals surface area contributed by atoms with E-state index in [1.54, 1.807) is 6.07 Å². The van der Waals surface area contributed by atoms with E-state index in [0.717, 1.165) is 11.1 Å². The summed E-state index contributed by atoms with van der Waals surface area (Å²) < 4.78 is 13.0. The van der Waals surface area contributed by atoms with Gasteiger partial charge in [0.25, 0.3) is 0 Å². The molecule has 3 heteroatoms. The van der Waals surface area contributed by atoms with Gasteiger partial charge < -0.3 is 0 Å². The molecule has 0 N–H and O–H groups in total. The predicted octanol–water partition coefficient (Wildman–Crippen LogP) is 5.93. The summed E-state index contributed by atoms with van der Waals surface area (Å²) >= 11 is 12.4. The van der Waals surface area contributed by atoms with Crippen LogP contribution in [0.15, 0.2) is 42.5 Å². The van der Waals surface area contributed by atoms with Gasteiger partial charge in [-0.3, -0.25) is 0 Å². The van der Waals surface area contributed by atoms with E-state index in [1.165, 1.54) is 17.7 Å². The highest BCUT2D eigenvalue weighted by molar-refractivity contribution is 6.33. The topological polar surface area (TPSA) is 0 Å². The lowest BCUT2D eigenvalue weighted by Crippen LogP contribution is -1.96.